The van der Waals surface area contributed by atoms with Crippen molar-refractivity contribution in [1.29, 1.82) is 0 Å². The normalized spacial score (nSPS) is 22.6. The van der Waals surface area contributed by atoms with E-state index in [9.17, 15) is 9.59 Å². The first-order valence-electron chi connectivity index (χ1n) is 10.6. The van der Waals surface area contributed by atoms with Crippen LogP contribution in [0.1, 0.15) is 109 Å². The minimum Gasteiger partial charge on any atom is -0.466 e. The fourth-order valence-electron chi connectivity index (χ4n) is 3.20. The van der Waals surface area contributed by atoms with Crippen LogP contribution in [-0.4, -0.2) is 25.2 Å². The maximum Gasteiger partial charge on any atom is 0.305 e. The molecule has 0 aromatic heterocycles. The Kier molecular flexibility index (Phi) is 14.4. The number of carbonyl (C=O) groups is 2. The molecule has 1 saturated heterocycles. The number of esters is 2. The first kappa shape index (κ1) is 22.0. The summed E-state index contributed by atoms with van der Waals surface area (Å²) in [6, 6.07) is 0. The highest BCUT2D eigenvalue weighted by Crippen LogP contribution is 2.12. The van der Waals surface area contributed by atoms with Gasteiger partial charge in [-0.1, -0.05) is 70.6 Å². The minimum absolute atomic E-state index is 0.0306. The maximum atomic E-state index is 11.6. The predicted octanol–water partition coefficient (Wildman–Crippen LogP) is 5.72. The van der Waals surface area contributed by atoms with Gasteiger partial charge in [0.05, 0.1) is 13.2 Å². The summed E-state index contributed by atoms with van der Waals surface area (Å²) in [6.45, 7) is 1.18. The molecular weight excluding hydrogens is 316 g/mol. The number of rotatable bonds is 0. The van der Waals surface area contributed by atoms with Gasteiger partial charge in [-0.05, 0) is 25.7 Å². The predicted molar refractivity (Wildman–Crippen MR) is 100 cm³/mol. The van der Waals surface area contributed by atoms with Crippen LogP contribution < -0.4 is 0 Å². The standard InChI is InChI=1S/C21H38O4/c22-20-16-12-8-4-3-5-9-13-17-21(23)25-19-15-11-7-2-1-6-10-14-18-24-20/h1-19H2. The molecule has 1 aliphatic heterocycles. The molecule has 0 aromatic carbocycles. The van der Waals surface area contributed by atoms with Crippen LogP contribution in [0.3, 0.4) is 0 Å². The molecule has 0 atom stereocenters. The highest BCUT2D eigenvalue weighted by atomic mass is 16.5. The molecule has 0 saturated carbocycles. The molecule has 0 aromatic rings. The van der Waals surface area contributed by atoms with Gasteiger partial charge < -0.3 is 9.47 Å². The summed E-state index contributed by atoms with van der Waals surface area (Å²) in [5, 5.41) is 0. The van der Waals surface area contributed by atoms with E-state index in [0.29, 0.717) is 26.1 Å². The van der Waals surface area contributed by atoms with E-state index in [1.165, 1.54) is 32.1 Å². The zero-order valence-electron chi connectivity index (χ0n) is 16.1. The molecule has 4 nitrogen and oxygen atoms in total. The Balaban J connectivity index is 2.16. The molecule has 4 heteroatoms. The first-order valence-corrected chi connectivity index (χ1v) is 10.6. The van der Waals surface area contributed by atoms with Crippen LogP contribution >= 0.6 is 0 Å². The smallest absolute Gasteiger partial charge is 0.305 e. The summed E-state index contributed by atoms with van der Waals surface area (Å²) < 4.78 is 10.6. The zero-order valence-corrected chi connectivity index (χ0v) is 16.1. The average Bonchev–Trinajstić information content (AvgIpc) is 2.60. The molecule has 0 spiro atoms. The van der Waals surface area contributed by atoms with Gasteiger partial charge in [0.25, 0.3) is 0 Å². The number of cyclic esters (lactones) is 2. The van der Waals surface area contributed by atoms with Crippen molar-refractivity contribution in [2.75, 3.05) is 13.2 Å². The Hall–Kier alpha value is -1.06. The van der Waals surface area contributed by atoms with Crippen molar-refractivity contribution in [3.63, 3.8) is 0 Å². The van der Waals surface area contributed by atoms with E-state index in [4.69, 9.17) is 9.47 Å². The lowest BCUT2D eigenvalue weighted by atomic mass is 10.1. The summed E-state index contributed by atoms with van der Waals surface area (Å²) in [7, 11) is 0. The maximum absolute atomic E-state index is 11.6. The number of hydrogen-bond donors (Lipinski definition) is 0. The van der Waals surface area contributed by atoms with Crippen molar-refractivity contribution >= 4 is 11.9 Å². The molecule has 1 aliphatic rings. The highest BCUT2D eigenvalue weighted by molar-refractivity contribution is 5.69. The molecule has 0 bridgehead atoms. The molecular formula is C21H38O4. The molecule has 0 N–H and O–H groups in total. The van der Waals surface area contributed by atoms with Gasteiger partial charge in [0, 0.05) is 12.8 Å². The number of carbonyl (C=O) groups excluding carboxylic acids is 2. The van der Waals surface area contributed by atoms with Crippen molar-refractivity contribution in [3.05, 3.63) is 0 Å². The SMILES string of the molecule is O=C1CCCCCCCCCC(=O)OCCCCCCCCCCO1. The van der Waals surface area contributed by atoms with Gasteiger partial charge >= 0.3 is 11.9 Å². The van der Waals surface area contributed by atoms with Crippen LogP contribution in [0.25, 0.3) is 0 Å². The van der Waals surface area contributed by atoms with Gasteiger partial charge in [0.15, 0.2) is 0 Å². The lowest BCUT2D eigenvalue weighted by molar-refractivity contribution is -0.144. The molecule has 1 rings (SSSR count). The highest BCUT2D eigenvalue weighted by Gasteiger charge is 2.04. The molecule has 1 heterocycles. The van der Waals surface area contributed by atoms with Gasteiger partial charge in [-0.15, -0.1) is 0 Å². The van der Waals surface area contributed by atoms with Gasteiger partial charge in [-0.2, -0.15) is 0 Å². The quantitative estimate of drug-likeness (QED) is 0.522. The summed E-state index contributed by atoms with van der Waals surface area (Å²) >= 11 is 0. The average molecular weight is 355 g/mol. The number of ether oxygens (including phenoxy) is 2. The van der Waals surface area contributed by atoms with E-state index in [1.807, 2.05) is 0 Å². The Morgan fingerprint density at radius 1 is 0.400 bits per heavy atom. The van der Waals surface area contributed by atoms with Gasteiger partial charge in [0.1, 0.15) is 0 Å². The van der Waals surface area contributed by atoms with Gasteiger partial charge in [-0.3, -0.25) is 9.59 Å². The van der Waals surface area contributed by atoms with E-state index >= 15 is 0 Å². The van der Waals surface area contributed by atoms with Gasteiger partial charge in [0.2, 0.25) is 0 Å². The van der Waals surface area contributed by atoms with Crippen LogP contribution in [0.15, 0.2) is 0 Å². The second-order valence-corrected chi connectivity index (χ2v) is 7.24. The van der Waals surface area contributed by atoms with Crippen LogP contribution in [0.5, 0.6) is 0 Å². The van der Waals surface area contributed by atoms with Crippen molar-refractivity contribution in [1.82, 2.24) is 0 Å². The molecule has 146 valence electrons. The monoisotopic (exact) mass is 354 g/mol. The summed E-state index contributed by atoms with van der Waals surface area (Å²) in [5.74, 6) is -0.0613. The van der Waals surface area contributed by atoms with Crippen molar-refractivity contribution in [2.45, 2.75) is 109 Å². The summed E-state index contributed by atoms with van der Waals surface area (Å²) in [6.07, 6.45) is 17.9. The fourth-order valence-corrected chi connectivity index (χ4v) is 3.20. The van der Waals surface area contributed by atoms with E-state index in [1.54, 1.807) is 0 Å². The summed E-state index contributed by atoms with van der Waals surface area (Å²) in [4.78, 5) is 23.3. The van der Waals surface area contributed by atoms with Crippen molar-refractivity contribution in [3.8, 4) is 0 Å². The van der Waals surface area contributed by atoms with E-state index in [-0.39, 0.29) is 11.9 Å². The molecule has 0 unspecified atom stereocenters. The first-order chi connectivity index (χ1) is 12.3. The zero-order chi connectivity index (χ0) is 18.0. The third-order valence-corrected chi connectivity index (χ3v) is 4.83. The van der Waals surface area contributed by atoms with E-state index in [0.717, 1.165) is 64.2 Å². The van der Waals surface area contributed by atoms with Crippen molar-refractivity contribution in [2.24, 2.45) is 0 Å². The molecule has 25 heavy (non-hydrogen) atoms. The fraction of sp³-hybridized carbons (Fsp3) is 0.905. The van der Waals surface area contributed by atoms with Crippen LogP contribution in [0, 0.1) is 0 Å². The third kappa shape index (κ3) is 14.9. The van der Waals surface area contributed by atoms with E-state index in [2.05, 4.69) is 0 Å². The minimum atomic E-state index is -0.0306. The van der Waals surface area contributed by atoms with Crippen molar-refractivity contribution < 1.29 is 19.1 Å². The lowest BCUT2D eigenvalue weighted by Crippen LogP contribution is -2.05. The van der Waals surface area contributed by atoms with Crippen LogP contribution in [0.4, 0.5) is 0 Å². The molecule has 1 fully saturated rings. The second kappa shape index (κ2) is 16.4. The molecule has 0 radical (unpaired) electrons. The lowest BCUT2D eigenvalue weighted by Gasteiger charge is -2.05. The topological polar surface area (TPSA) is 52.6 Å². The van der Waals surface area contributed by atoms with E-state index < -0.39 is 0 Å². The largest absolute Gasteiger partial charge is 0.466 e. The Morgan fingerprint density at radius 2 is 0.680 bits per heavy atom. The Labute approximate surface area is 154 Å². The third-order valence-electron chi connectivity index (χ3n) is 4.83. The Morgan fingerprint density at radius 3 is 1.04 bits per heavy atom. The van der Waals surface area contributed by atoms with Crippen LogP contribution in [-0.2, 0) is 19.1 Å². The molecule has 0 aliphatic carbocycles. The Bertz CT molecular complexity index is 309. The van der Waals surface area contributed by atoms with Gasteiger partial charge in [-0.25, -0.2) is 0 Å². The number of hydrogen-bond acceptors (Lipinski definition) is 4. The van der Waals surface area contributed by atoms with Crippen LogP contribution in [0.2, 0.25) is 0 Å². The molecule has 0 amide bonds. The second-order valence-electron chi connectivity index (χ2n) is 7.24. The summed E-state index contributed by atoms with van der Waals surface area (Å²) in [5.41, 5.74) is 0.